The van der Waals surface area contributed by atoms with E-state index in [1.54, 1.807) is 0 Å². The molecule has 0 amide bonds. The lowest BCUT2D eigenvalue weighted by Crippen LogP contribution is -2.30. The topological polar surface area (TPSA) is 26.3 Å². The Hall–Kier alpha value is -0.340. The third-order valence-electron chi connectivity index (χ3n) is 1.98. The van der Waals surface area contributed by atoms with Gasteiger partial charge in [-0.05, 0) is 38.3 Å². The number of hydrogen-bond acceptors (Lipinski definition) is 2. The Kier molecular flexibility index (Phi) is 2.90. The van der Waals surface area contributed by atoms with E-state index in [1.807, 2.05) is 6.08 Å². The highest BCUT2D eigenvalue weighted by Crippen LogP contribution is 2.18. The average molecular weight is 140 g/mol. The van der Waals surface area contributed by atoms with E-state index in [1.165, 1.54) is 6.42 Å². The van der Waals surface area contributed by atoms with Crippen LogP contribution in [0, 0.1) is 11.1 Å². The Morgan fingerprint density at radius 2 is 2.50 bits per heavy atom. The zero-order valence-electron chi connectivity index (χ0n) is 6.25. The third kappa shape index (κ3) is 2.12. The summed E-state index contributed by atoms with van der Waals surface area (Å²) in [6.07, 6.45) is 5.16. The zero-order valence-corrected chi connectivity index (χ0v) is 6.25. The van der Waals surface area contributed by atoms with Gasteiger partial charge < -0.3 is 10.3 Å². The molecule has 0 aliphatic carbocycles. The fourth-order valence-electron chi connectivity index (χ4n) is 1.45. The second-order valence-electron chi connectivity index (χ2n) is 2.92. The van der Waals surface area contributed by atoms with Gasteiger partial charge in [0, 0.05) is 0 Å². The van der Waals surface area contributed by atoms with Crippen LogP contribution in [0.1, 0.15) is 19.3 Å². The molecular weight excluding hydrogens is 126 g/mol. The number of hydrogen-bond donors (Lipinski definition) is 0. The number of piperidine rings is 1. The molecule has 0 radical (unpaired) electrons. The molecule has 1 atom stereocenters. The largest absolute Gasteiger partial charge is 0.785 e. The van der Waals surface area contributed by atoms with Gasteiger partial charge in [-0.3, -0.25) is 0 Å². The molecular formula is C8H14NO-. The molecule has 1 heterocycles. The SMILES string of the molecule is C=CCC1CCCN([O-])C1. The molecule has 0 aromatic carbocycles. The average Bonchev–Trinajstić information content (AvgIpc) is 1.88. The first-order valence-electron chi connectivity index (χ1n) is 3.86. The first kappa shape index (κ1) is 7.76. The molecule has 1 rings (SSSR count). The second kappa shape index (κ2) is 3.74. The van der Waals surface area contributed by atoms with Crippen LogP contribution in [0.3, 0.4) is 0 Å². The minimum absolute atomic E-state index is 0.573. The van der Waals surface area contributed by atoms with Gasteiger partial charge in [0.15, 0.2) is 0 Å². The van der Waals surface area contributed by atoms with Crippen molar-refractivity contribution in [3.63, 3.8) is 0 Å². The van der Waals surface area contributed by atoms with Gasteiger partial charge in [-0.15, -0.1) is 6.58 Å². The highest BCUT2D eigenvalue weighted by Gasteiger charge is 2.11. The van der Waals surface area contributed by atoms with Gasteiger partial charge in [0.1, 0.15) is 0 Å². The van der Waals surface area contributed by atoms with Gasteiger partial charge in [-0.1, -0.05) is 6.08 Å². The summed E-state index contributed by atoms with van der Waals surface area (Å²) >= 11 is 0. The predicted octanol–water partition coefficient (Wildman–Crippen LogP) is 1.77. The second-order valence-corrected chi connectivity index (χ2v) is 2.92. The molecule has 0 spiro atoms. The number of hydroxylamine groups is 2. The molecule has 0 aromatic rings. The van der Waals surface area contributed by atoms with Crippen LogP contribution in [0.25, 0.3) is 0 Å². The maximum atomic E-state index is 10.8. The van der Waals surface area contributed by atoms with Gasteiger partial charge in [0.2, 0.25) is 0 Å². The first-order valence-corrected chi connectivity index (χ1v) is 3.86. The molecule has 0 saturated carbocycles. The lowest BCUT2D eigenvalue weighted by atomic mass is 9.96. The van der Waals surface area contributed by atoms with E-state index in [0.29, 0.717) is 12.5 Å². The number of nitrogens with zero attached hydrogens (tertiary/aromatic N) is 1. The van der Waals surface area contributed by atoms with Crippen molar-refractivity contribution in [3.8, 4) is 0 Å². The van der Waals surface area contributed by atoms with Gasteiger partial charge >= 0.3 is 0 Å². The molecule has 10 heavy (non-hydrogen) atoms. The third-order valence-corrected chi connectivity index (χ3v) is 1.98. The van der Waals surface area contributed by atoms with Crippen molar-refractivity contribution in [3.05, 3.63) is 17.9 Å². The molecule has 2 heteroatoms. The van der Waals surface area contributed by atoms with Gasteiger partial charge in [-0.25, -0.2) is 0 Å². The van der Waals surface area contributed by atoms with E-state index in [9.17, 15) is 5.21 Å². The fraction of sp³-hybridized carbons (Fsp3) is 0.750. The molecule has 1 aliphatic heterocycles. The van der Waals surface area contributed by atoms with E-state index >= 15 is 0 Å². The molecule has 0 aromatic heterocycles. The van der Waals surface area contributed by atoms with Crippen molar-refractivity contribution in [2.24, 2.45) is 5.92 Å². The maximum Gasteiger partial charge on any atom is -0.0113 e. The quantitative estimate of drug-likeness (QED) is 0.546. The Labute approximate surface area is 62.1 Å². The smallest absolute Gasteiger partial charge is 0.0113 e. The van der Waals surface area contributed by atoms with E-state index in [0.717, 1.165) is 24.4 Å². The Morgan fingerprint density at radius 1 is 1.70 bits per heavy atom. The van der Waals surface area contributed by atoms with Crippen LogP contribution in [0.4, 0.5) is 0 Å². The highest BCUT2D eigenvalue weighted by molar-refractivity contribution is 4.79. The van der Waals surface area contributed by atoms with Crippen LogP contribution in [0.5, 0.6) is 0 Å². The Balaban J connectivity index is 2.24. The summed E-state index contributed by atoms with van der Waals surface area (Å²) in [5.41, 5.74) is 0. The maximum absolute atomic E-state index is 10.8. The van der Waals surface area contributed by atoms with E-state index in [4.69, 9.17) is 0 Å². The van der Waals surface area contributed by atoms with Gasteiger partial charge in [0.25, 0.3) is 0 Å². The Morgan fingerprint density at radius 3 is 3.10 bits per heavy atom. The van der Waals surface area contributed by atoms with Crippen LogP contribution < -0.4 is 0 Å². The number of allylic oxidation sites excluding steroid dienone is 1. The van der Waals surface area contributed by atoms with Crippen molar-refractivity contribution < 1.29 is 0 Å². The van der Waals surface area contributed by atoms with Crippen molar-refractivity contribution >= 4 is 0 Å². The van der Waals surface area contributed by atoms with Crippen molar-refractivity contribution in [1.29, 1.82) is 0 Å². The lowest BCUT2D eigenvalue weighted by molar-refractivity contribution is 0.236. The molecule has 1 unspecified atom stereocenters. The summed E-state index contributed by atoms with van der Waals surface area (Å²) in [7, 11) is 0. The summed E-state index contributed by atoms with van der Waals surface area (Å²) in [5, 5.41) is 12.0. The van der Waals surface area contributed by atoms with Gasteiger partial charge in [-0.2, -0.15) is 0 Å². The predicted molar refractivity (Wildman–Crippen MR) is 42.5 cm³/mol. The monoisotopic (exact) mass is 140 g/mol. The summed E-state index contributed by atoms with van der Waals surface area (Å²) in [6, 6.07) is 0. The minimum Gasteiger partial charge on any atom is -0.785 e. The number of rotatable bonds is 2. The van der Waals surface area contributed by atoms with Crippen LogP contribution in [0.15, 0.2) is 12.7 Å². The summed E-state index contributed by atoms with van der Waals surface area (Å²) in [5.74, 6) is 0.573. The van der Waals surface area contributed by atoms with Crippen molar-refractivity contribution in [1.82, 2.24) is 5.06 Å². The lowest BCUT2D eigenvalue weighted by Gasteiger charge is -2.36. The van der Waals surface area contributed by atoms with Crippen LogP contribution in [-0.4, -0.2) is 18.2 Å². The fourth-order valence-corrected chi connectivity index (χ4v) is 1.45. The molecule has 58 valence electrons. The summed E-state index contributed by atoms with van der Waals surface area (Å²) in [6.45, 7) is 5.10. The van der Waals surface area contributed by atoms with E-state index in [2.05, 4.69) is 6.58 Å². The minimum atomic E-state index is 0.573. The van der Waals surface area contributed by atoms with E-state index in [-0.39, 0.29) is 0 Å². The molecule has 0 N–H and O–H groups in total. The molecule has 2 nitrogen and oxygen atoms in total. The van der Waals surface area contributed by atoms with Gasteiger partial charge in [0.05, 0.1) is 0 Å². The van der Waals surface area contributed by atoms with Crippen LogP contribution in [0.2, 0.25) is 0 Å². The standard InChI is InChI=1S/C8H14NO/c1-2-4-8-5-3-6-9(10)7-8/h2,8H,1,3-7H2/q-1. The summed E-state index contributed by atoms with van der Waals surface area (Å²) < 4.78 is 0. The molecule has 1 saturated heterocycles. The normalized spacial score (nSPS) is 28.3. The van der Waals surface area contributed by atoms with E-state index < -0.39 is 0 Å². The van der Waals surface area contributed by atoms with Crippen molar-refractivity contribution in [2.75, 3.05) is 13.1 Å². The Bertz CT molecular complexity index is 114. The van der Waals surface area contributed by atoms with Crippen LogP contribution >= 0.6 is 0 Å². The zero-order chi connectivity index (χ0) is 7.40. The highest BCUT2D eigenvalue weighted by atomic mass is 16.5. The van der Waals surface area contributed by atoms with Crippen LogP contribution in [-0.2, 0) is 0 Å². The first-order chi connectivity index (χ1) is 4.83. The molecule has 0 bridgehead atoms. The van der Waals surface area contributed by atoms with Crippen molar-refractivity contribution in [2.45, 2.75) is 19.3 Å². The molecule has 1 aliphatic rings. The molecule has 1 fully saturated rings. The summed E-state index contributed by atoms with van der Waals surface area (Å²) in [4.78, 5) is 0.